The summed E-state index contributed by atoms with van der Waals surface area (Å²) >= 11 is 25.7. The number of nitrogens with zero attached hydrogens (tertiary/aromatic N) is 3. The molecular formula is C16H9Cl4N3OS. The second-order valence-corrected chi connectivity index (χ2v) is 9.29. The predicted octanol–water partition coefficient (Wildman–Crippen LogP) is 6.28. The highest BCUT2D eigenvalue weighted by molar-refractivity contribution is 7.19. The summed E-state index contributed by atoms with van der Waals surface area (Å²) < 4.78 is 6.29. The maximum atomic E-state index is 6.10. The summed E-state index contributed by atoms with van der Waals surface area (Å²) in [6.45, 7) is 0.367. The van der Waals surface area contributed by atoms with E-state index in [1.165, 1.54) is 11.3 Å². The standard InChI is InChI=1S/C16H9Cl4N3OS/c17-14-6-5-13(25-14)12-7-9(22-24-12)8-23-11-4-2-1-3-10(11)21-15(23)16(18,19)20/h1-7H,8H2. The summed E-state index contributed by atoms with van der Waals surface area (Å²) in [6, 6.07) is 13.1. The van der Waals surface area contributed by atoms with Crippen LogP contribution in [0, 0.1) is 0 Å². The summed E-state index contributed by atoms with van der Waals surface area (Å²) in [6.07, 6.45) is 0. The molecule has 0 aliphatic carbocycles. The van der Waals surface area contributed by atoms with Crippen molar-refractivity contribution in [1.82, 2.24) is 14.7 Å². The third-order valence-electron chi connectivity index (χ3n) is 3.60. The van der Waals surface area contributed by atoms with Crippen molar-refractivity contribution in [2.24, 2.45) is 0 Å². The Morgan fingerprint density at radius 2 is 1.92 bits per heavy atom. The Morgan fingerprint density at radius 1 is 1.12 bits per heavy atom. The van der Waals surface area contributed by atoms with E-state index in [1.807, 2.05) is 47.0 Å². The molecule has 0 saturated heterocycles. The quantitative estimate of drug-likeness (QED) is 0.357. The molecule has 0 spiro atoms. The van der Waals surface area contributed by atoms with Crippen molar-refractivity contribution < 1.29 is 4.52 Å². The number of para-hydroxylation sites is 2. The molecule has 0 radical (unpaired) electrons. The summed E-state index contributed by atoms with van der Waals surface area (Å²) in [5, 5.41) is 4.12. The van der Waals surface area contributed by atoms with Gasteiger partial charge in [0.15, 0.2) is 11.6 Å². The van der Waals surface area contributed by atoms with Gasteiger partial charge < -0.3 is 9.09 Å². The summed E-state index contributed by atoms with van der Waals surface area (Å²) in [7, 11) is 0. The van der Waals surface area contributed by atoms with Gasteiger partial charge in [-0.15, -0.1) is 11.3 Å². The average Bonchev–Trinajstić information content (AvgIpc) is 3.26. The molecular weight excluding hydrogens is 424 g/mol. The fourth-order valence-corrected chi connectivity index (χ4v) is 3.99. The molecule has 3 heterocycles. The Hall–Kier alpha value is -1.24. The molecule has 4 rings (SSSR count). The van der Waals surface area contributed by atoms with E-state index in [-0.39, 0.29) is 0 Å². The van der Waals surface area contributed by atoms with Crippen molar-refractivity contribution >= 4 is 68.8 Å². The Labute approximate surface area is 166 Å². The fraction of sp³-hybridized carbons (Fsp3) is 0.125. The number of aromatic nitrogens is 3. The van der Waals surface area contributed by atoms with Gasteiger partial charge in [-0.2, -0.15) is 0 Å². The first-order chi connectivity index (χ1) is 11.9. The van der Waals surface area contributed by atoms with Gasteiger partial charge in [0.2, 0.25) is 3.79 Å². The smallest absolute Gasteiger partial charge is 0.248 e. The van der Waals surface area contributed by atoms with Crippen LogP contribution in [0.5, 0.6) is 0 Å². The molecule has 9 heteroatoms. The van der Waals surface area contributed by atoms with Crippen molar-refractivity contribution in [2.45, 2.75) is 10.3 Å². The van der Waals surface area contributed by atoms with Crippen LogP contribution in [0.2, 0.25) is 4.34 Å². The maximum Gasteiger partial charge on any atom is 0.248 e. The molecule has 0 unspecified atom stereocenters. The lowest BCUT2D eigenvalue weighted by atomic mass is 10.3. The second kappa shape index (κ2) is 6.49. The first kappa shape index (κ1) is 17.2. The Morgan fingerprint density at radius 3 is 2.64 bits per heavy atom. The molecule has 25 heavy (non-hydrogen) atoms. The van der Waals surface area contributed by atoms with Gasteiger partial charge in [0.05, 0.1) is 26.8 Å². The van der Waals surface area contributed by atoms with Crippen LogP contribution in [0.15, 0.2) is 47.0 Å². The number of hydrogen-bond donors (Lipinski definition) is 0. The second-order valence-electron chi connectivity index (χ2n) is 5.29. The van der Waals surface area contributed by atoms with Crippen molar-refractivity contribution in [3.05, 3.63) is 58.3 Å². The van der Waals surface area contributed by atoms with Gasteiger partial charge in [0, 0.05) is 6.07 Å². The molecule has 0 atom stereocenters. The van der Waals surface area contributed by atoms with Gasteiger partial charge in [0.25, 0.3) is 0 Å². The number of alkyl halides is 3. The highest BCUT2D eigenvalue weighted by Crippen LogP contribution is 2.39. The van der Waals surface area contributed by atoms with Gasteiger partial charge in [0.1, 0.15) is 5.69 Å². The first-order valence-electron chi connectivity index (χ1n) is 7.15. The number of halogens is 4. The minimum absolute atomic E-state index is 0.336. The van der Waals surface area contributed by atoms with Gasteiger partial charge >= 0.3 is 0 Å². The molecule has 128 valence electrons. The number of rotatable bonds is 3. The van der Waals surface area contributed by atoms with Crippen LogP contribution in [0.25, 0.3) is 21.7 Å². The topological polar surface area (TPSA) is 43.9 Å². The zero-order valence-corrected chi connectivity index (χ0v) is 16.3. The van der Waals surface area contributed by atoms with Gasteiger partial charge in [-0.25, -0.2) is 4.98 Å². The molecule has 0 N–H and O–H groups in total. The van der Waals surface area contributed by atoms with E-state index < -0.39 is 3.79 Å². The van der Waals surface area contributed by atoms with Crippen LogP contribution in [0.4, 0.5) is 0 Å². The van der Waals surface area contributed by atoms with Crippen LogP contribution in [0.3, 0.4) is 0 Å². The van der Waals surface area contributed by atoms with Crippen molar-refractivity contribution in [1.29, 1.82) is 0 Å². The Bertz CT molecular complexity index is 1050. The first-order valence-corrected chi connectivity index (χ1v) is 9.48. The van der Waals surface area contributed by atoms with E-state index in [0.717, 1.165) is 15.9 Å². The molecule has 4 nitrogen and oxygen atoms in total. The number of imidazole rings is 1. The number of benzene rings is 1. The molecule has 3 aromatic heterocycles. The van der Waals surface area contributed by atoms with Crippen molar-refractivity contribution in [3.63, 3.8) is 0 Å². The van der Waals surface area contributed by atoms with E-state index in [0.29, 0.717) is 28.2 Å². The van der Waals surface area contributed by atoms with E-state index in [9.17, 15) is 0 Å². The lowest BCUT2D eigenvalue weighted by Crippen LogP contribution is -2.13. The largest absolute Gasteiger partial charge is 0.355 e. The lowest BCUT2D eigenvalue weighted by Gasteiger charge is -2.13. The lowest BCUT2D eigenvalue weighted by molar-refractivity contribution is 0.422. The van der Waals surface area contributed by atoms with E-state index in [2.05, 4.69) is 10.1 Å². The summed E-state index contributed by atoms with van der Waals surface area (Å²) in [4.78, 5) is 5.35. The molecule has 1 aromatic carbocycles. The fourth-order valence-electron chi connectivity index (χ4n) is 2.56. The van der Waals surface area contributed by atoms with Crippen LogP contribution in [-0.2, 0) is 10.3 Å². The molecule has 0 amide bonds. The summed E-state index contributed by atoms with van der Waals surface area (Å²) in [5.41, 5.74) is 2.29. The molecule has 0 saturated carbocycles. The minimum Gasteiger partial charge on any atom is -0.355 e. The number of thiophene rings is 1. The zero-order valence-electron chi connectivity index (χ0n) is 12.4. The highest BCUT2D eigenvalue weighted by Gasteiger charge is 2.30. The molecule has 0 fully saturated rings. The monoisotopic (exact) mass is 431 g/mol. The predicted molar refractivity (Wildman–Crippen MR) is 103 cm³/mol. The van der Waals surface area contributed by atoms with Crippen LogP contribution in [-0.4, -0.2) is 14.7 Å². The molecule has 4 aromatic rings. The Balaban J connectivity index is 1.75. The SMILES string of the molecule is Clc1ccc(-c2cc(Cn3c(C(Cl)(Cl)Cl)nc4ccccc43)no2)s1. The minimum atomic E-state index is -1.65. The van der Waals surface area contributed by atoms with Gasteiger partial charge in [-0.3, -0.25) is 0 Å². The average molecular weight is 433 g/mol. The van der Waals surface area contributed by atoms with Crippen LogP contribution < -0.4 is 0 Å². The molecule has 0 bridgehead atoms. The van der Waals surface area contributed by atoms with Crippen LogP contribution >= 0.6 is 57.7 Å². The van der Waals surface area contributed by atoms with E-state index in [1.54, 1.807) is 0 Å². The van der Waals surface area contributed by atoms with Crippen LogP contribution in [0.1, 0.15) is 11.5 Å². The van der Waals surface area contributed by atoms with Crippen molar-refractivity contribution in [2.75, 3.05) is 0 Å². The van der Waals surface area contributed by atoms with E-state index >= 15 is 0 Å². The number of fused-ring (bicyclic) bond motifs is 1. The van der Waals surface area contributed by atoms with Gasteiger partial charge in [-0.1, -0.05) is 63.7 Å². The zero-order chi connectivity index (χ0) is 17.6. The van der Waals surface area contributed by atoms with Crippen molar-refractivity contribution in [3.8, 4) is 10.6 Å². The Kier molecular flexibility index (Phi) is 4.46. The third-order valence-corrected chi connectivity index (χ3v) is 5.36. The molecule has 0 aliphatic heterocycles. The number of hydrogen-bond acceptors (Lipinski definition) is 4. The molecule has 0 aliphatic rings. The highest BCUT2D eigenvalue weighted by atomic mass is 35.6. The summed E-state index contributed by atoms with van der Waals surface area (Å²) in [5.74, 6) is 0.981. The maximum absolute atomic E-state index is 6.10. The normalized spacial score (nSPS) is 12.2. The van der Waals surface area contributed by atoms with E-state index in [4.69, 9.17) is 50.9 Å². The third kappa shape index (κ3) is 3.39. The van der Waals surface area contributed by atoms with Gasteiger partial charge in [-0.05, 0) is 24.3 Å².